The van der Waals surface area contributed by atoms with Crippen LogP contribution in [-0.2, 0) is 16.4 Å². The zero-order valence-corrected chi connectivity index (χ0v) is 23.8. The zero-order chi connectivity index (χ0) is 29.2. The van der Waals surface area contributed by atoms with E-state index >= 15 is 0 Å². The first-order valence-corrected chi connectivity index (χ1v) is 15.4. The van der Waals surface area contributed by atoms with Crippen molar-refractivity contribution in [3.63, 3.8) is 0 Å². The average molecular weight is 583 g/mol. The van der Waals surface area contributed by atoms with Gasteiger partial charge in [0.1, 0.15) is 0 Å². The molecule has 4 rings (SSSR count). The highest BCUT2D eigenvalue weighted by Crippen LogP contribution is 2.43. The van der Waals surface area contributed by atoms with E-state index in [2.05, 4.69) is 34.0 Å². The Hall–Kier alpha value is -2.57. The van der Waals surface area contributed by atoms with Crippen molar-refractivity contribution in [3.8, 4) is 0 Å². The number of aromatic nitrogens is 2. The van der Waals surface area contributed by atoms with Crippen molar-refractivity contribution in [2.45, 2.75) is 76.2 Å². The quantitative estimate of drug-likeness (QED) is 0.444. The monoisotopic (exact) mass is 582 g/mol. The fraction of sp³-hybridized carbons (Fsp3) is 0.607. The first-order chi connectivity index (χ1) is 18.8. The summed E-state index contributed by atoms with van der Waals surface area (Å²) in [4.78, 5) is 24.2. The van der Waals surface area contributed by atoms with E-state index in [1.165, 1.54) is 31.5 Å². The number of fused-ring (bicyclic) bond motifs is 1. The Kier molecular flexibility index (Phi) is 9.21. The Morgan fingerprint density at radius 1 is 1.15 bits per heavy atom. The van der Waals surface area contributed by atoms with E-state index < -0.39 is 40.5 Å². The fourth-order valence-electron chi connectivity index (χ4n) is 5.85. The van der Waals surface area contributed by atoms with Gasteiger partial charge in [-0.2, -0.15) is 13.2 Å². The van der Waals surface area contributed by atoms with Crippen molar-refractivity contribution in [2.75, 3.05) is 18.9 Å². The molecule has 2 aliphatic rings. The number of aliphatic hydroxyl groups excluding tert-OH is 1. The first kappa shape index (κ1) is 30.4. The van der Waals surface area contributed by atoms with Crippen molar-refractivity contribution in [2.24, 2.45) is 17.8 Å². The maximum absolute atomic E-state index is 13.1. The molecule has 1 fully saturated rings. The van der Waals surface area contributed by atoms with Gasteiger partial charge in [-0.25, -0.2) is 8.42 Å². The molecule has 1 aliphatic carbocycles. The van der Waals surface area contributed by atoms with Crippen molar-refractivity contribution < 1.29 is 31.5 Å². The lowest BCUT2D eigenvalue weighted by atomic mass is 9.81. The Labute approximate surface area is 233 Å². The molecule has 1 saturated carbocycles. The van der Waals surface area contributed by atoms with Crippen LogP contribution < -0.4 is 5.32 Å². The van der Waals surface area contributed by atoms with Gasteiger partial charge < -0.3 is 10.4 Å². The number of nitrogens with zero attached hydrogens (tertiary/aromatic N) is 3. The van der Waals surface area contributed by atoms with Crippen LogP contribution in [0.15, 0.2) is 35.5 Å². The SMILES string of the molecule is CCS(=O)(=O)c1ccc([C@H](CO)NC(=O)c2cnc3c(c2)CN(CC2CCC(C(F)(F)F)CC2)[C@H]3C(C)C)nc1. The number of nitrogens with one attached hydrogen (secondary N) is 1. The van der Waals surface area contributed by atoms with E-state index in [1.807, 2.05) is 0 Å². The smallest absolute Gasteiger partial charge is 0.391 e. The summed E-state index contributed by atoms with van der Waals surface area (Å²) in [5.74, 6) is -1.30. The van der Waals surface area contributed by atoms with Gasteiger partial charge in [0.25, 0.3) is 5.91 Å². The molecule has 1 amide bonds. The van der Waals surface area contributed by atoms with Gasteiger partial charge in [-0.05, 0) is 61.3 Å². The summed E-state index contributed by atoms with van der Waals surface area (Å²) in [6.07, 6.45) is 0.0243. The van der Waals surface area contributed by atoms with Gasteiger partial charge in [0, 0.05) is 25.5 Å². The molecule has 2 aromatic rings. The van der Waals surface area contributed by atoms with Gasteiger partial charge in [-0.15, -0.1) is 0 Å². The minimum absolute atomic E-state index is 0.0137. The first-order valence-electron chi connectivity index (χ1n) is 13.7. The molecule has 0 bridgehead atoms. The van der Waals surface area contributed by atoms with Crippen LogP contribution >= 0.6 is 0 Å². The molecule has 2 aromatic heterocycles. The molecule has 12 heteroatoms. The molecule has 0 spiro atoms. The Morgan fingerprint density at radius 2 is 1.85 bits per heavy atom. The summed E-state index contributed by atoms with van der Waals surface area (Å²) in [6.45, 7) is 6.53. The Morgan fingerprint density at radius 3 is 2.40 bits per heavy atom. The Balaban J connectivity index is 1.44. The highest BCUT2D eigenvalue weighted by Gasteiger charge is 2.42. The lowest BCUT2D eigenvalue weighted by molar-refractivity contribution is -0.184. The summed E-state index contributed by atoms with van der Waals surface area (Å²) in [5.41, 5.74) is 2.43. The number of aliphatic hydroxyl groups is 1. The molecule has 0 radical (unpaired) electrons. The third-order valence-electron chi connectivity index (χ3n) is 8.09. The molecule has 3 heterocycles. The van der Waals surface area contributed by atoms with Gasteiger partial charge >= 0.3 is 6.18 Å². The molecular formula is C28H37F3N4O4S. The number of rotatable bonds is 9. The molecule has 1 aliphatic heterocycles. The summed E-state index contributed by atoms with van der Waals surface area (Å²) in [6, 6.07) is 3.83. The van der Waals surface area contributed by atoms with E-state index in [1.54, 1.807) is 6.07 Å². The van der Waals surface area contributed by atoms with Crippen LogP contribution in [0.1, 0.15) is 85.8 Å². The van der Waals surface area contributed by atoms with Crippen molar-refractivity contribution in [3.05, 3.63) is 53.1 Å². The number of amides is 1. The number of carbonyl (C=O) groups is 1. The lowest BCUT2D eigenvalue weighted by Crippen LogP contribution is -2.35. The zero-order valence-electron chi connectivity index (χ0n) is 23.0. The predicted molar refractivity (Wildman–Crippen MR) is 143 cm³/mol. The average Bonchev–Trinajstić information content (AvgIpc) is 3.28. The summed E-state index contributed by atoms with van der Waals surface area (Å²) in [5, 5.41) is 12.6. The third kappa shape index (κ3) is 6.66. The van der Waals surface area contributed by atoms with Gasteiger partial charge in [-0.3, -0.25) is 19.7 Å². The van der Waals surface area contributed by atoms with Gasteiger partial charge in [0.2, 0.25) is 0 Å². The largest absolute Gasteiger partial charge is 0.394 e. The molecular weight excluding hydrogens is 545 g/mol. The molecule has 0 saturated heterocycles. The van der Waals surface area contributed by atoms with E-state index in [0.717, 1.165) is 11.3 Å². The summed E-state index contributed by atoms with van der Waals surface area (Å²) < 4.78 is 63.4. The number of hydrogen-bond donors (Lipinski definition) is 2. The fourth-order valence-corrected chi connectivity index (χ4v) is 6.67. The number of pyridine rings is 2. The molecule has 0 aromatic carbocycles. The molecule has 0 unspecified atom stereocenters. The van der Waals surface area contributed by atoms with Crippen LogP contribution in [0.5, 0.6) is 0 Å². The van der Waals surface area contributed by atoms with Crippen LogP contribution in [0.3, 0.4) is 0 Å². The van der Waals surface area contributed by atoms with Gasteiger partial charge in [0.05, 0.1) is 52.2 Å². The van der Waals surface area contributed by atoms with Crippen molar-refractivity contribution in [1.29, 1.82) is 0 Å². The standard InChI is InChI=1S/C28H37F3N4O4S/c1-4-40(38,39)22-9-10-23(32-13-22)24(16-36)34-27(37)19-11-20-15-35(26(17(2)3)25(20)33-12-19)14-18-5-7-21(8-6-18)28(29,30)31/h9-13,17-18,21,24,26,36H,4-8,14-16H2,1-3H3,(H,34,37)/t18?,21?,24-,26-/m0/s1. The van der Waals surface area contributed by atoms with Crippen LogP contribution in [0.2, 0.25) is 0 Å². The topological polar surface area (TPSA) is 112 Å². The molecule has 8 nitrogen and oxygen atoms in total. The highest BCUT2D eigenvalue weighted by atomic mass is 32.2. The normalized spacial score (nSPS) is 22.8. The summed E-state index contributed by atoms with van der Waals surface area (Å²) >= 11 is 0. The summed E-state index contributed by atoms with van der Waals surface area (Å²) in [7, 11) is -3.42. The minimum atomic E-state index is -4.12. The van der Waals surface area contributed by atoms with Crippen LogP contribution in [-0.4, -0.2) is 59.4 Å². The van der Waals surface area contributed by atoms with Crippen molar-refractivity contribution in [1.82, 2.24) is 20.2 Å². The number of hydrogen-bond acceptors (Lipinski definition) is 7. The Bertz CT molecular complexity index is 1290. The van der Waals surface area contributed by atoms with Crippen LogP contribution in [0.4, 0.5) is 13.2 Å². The van der Waals surface area contributed by atoms with E-state index in [0.29, 0.717) is 37.2 Å². The third-order valence-corrected chi connectivity index (χ3v) is 9.81. The van der Waals surface area contributed by atoms with Gasteiger partial charge in [-0.1, -0.05) is 20.8 Å². The van der Waals surface area contributed by atoms with Crippen LogP contribution in [0.25, 0.3) is 0 Å². The van der Waals surface area contributed by atoms with Crippen LogP contribution in [0, 0.1) is 17.8 Å². The van der Waals surface area contributed by atoms with E-state index in [9.17, 15) is 31.5 Å². The molecule has 2 N–H and O–H groups in total. The minimum Gasteiger partial charge on any atom is -0.394 e. The maximum Gasteiger partial charge on any atom is 0.391 e. The number of sulfone groups is 1. The molecule has 40 heavy (non-hydrogen) atoms. The molecule has 220 valence electrons. The second-order valence-electron chi connectivity index (χ2n) is 11.2. The lowest BCUT2D eigenvalue weighted by Gasteiger charge is -2.35. The second-order valence-corrected chi connectivity index (χ2v) is 13.5. The van der Waals surface area contributed by atoms with E-state index in [4.69, 9.17) is 0 Å². The number of alkyl halides is 3. The predicted octanol–water partition coefficient (Wildman–Crippen LogP) is 4.62. The number of carbonyl (C=O) groups excluding carboxylic acids is 1. The molecule has 2 atom stereocenters. The van der Waals surface area contributed by atoms with Crippen molar-refractivity contribution >= 4 is 15.7 Å². The number of halogens is 3. The van der Waals surface area contributed by atoms with E-state index in [-0.39, 0.29) is 41.4 Å². The highest BCUT2D eigenvalue weighted by molar-refractivity contribution is 7.91. The second kappa shape index (κ2) is 12.1. The van der Waals surface area contributed by atoms with Gasteiger partial charge in [0.15, 0.2) is 9.84 Å². The maximum atomic E-state index is 13.1.